The Morgan fingerprint density at radius 3 is 1.97 bits per heavy atom. The van der Waals surface area contributed by atoms with E-state index in [4.69, 9.17) is 0 Å². The second-order valence-corrected chi connectivity index (χ2v) is 15.0. The predicted octanol–water partition coefficient (Wildman–Crippen LogP) is 15.1. The van der Waals surface area contributed by atoms with Gasteiger partial charge in [0.1, 0.15) is 0 Å². The summed E-state index contributed by atoms with van der Waals surface area (Å²) >= 11 is 3.53. The van der Waals surface area contributed by atoms with E-state index >= 15 is 0 Å². The predicted molar refractivity (Wildman–Crippen MR) is 260 cm³/mol. The Morgan fingerprint density at radius 2 is 1.19 bits per heavy atom. The molecular weight excluding hydrogens is 721 g/mol. The van der Waals surface area contributed by atoms with Crippen molar-refractivity contribution in [3.8, 4) is 44.5 Å². The molecule has 3 heteroatoms. The van der Waals surface area contributed by atoms with Crippen LogP contribution in [0, 0.1) is 6.92 Å². The second kappa shape index (κ2) is 17.2. The number of fused-ring (bicyclic) bond motifs is 9. The number of hydrogen-bond donors (Lipinski definition) is 1. The molecule has 0 radical (unpaired) electrons. The summed E-state index contributed by atoms with van der Waals surface area (Å²) < 4.78 is 4.71. The van der Waals surface area contributed by atoms with Crippen molar-refractivity contribution in [2.75, 3.05) is 6.26 Å². The molecule has 0 atom stereocenters. The molecule has 2 nitrogen and oxygen atoms in total. The number of benzene rings is 6. The van der Waals surface area contributed by atoms with Crippen molar-refractivity contribution in [2.45, 2.75) is 53.9 Å². The summed E-state index contributed by atoms with van der Waals surface area (Å²) in [5.41, 5.74) is 21.3. The lowest BCUT2D eigenvalue weighted by Crippen LogP contribution is -2.15. The molecule has 0 spiro atoms. The quantitative estimate of drug-likeness (QED) is 0.0976. The Morgan fingerprint density at radius 1 is 0.517 bits per heavy atom. The average molecular weight is 775 g/mol. The fraction of sp³-hybridized carbons (Fsp3) is 0.164. The lowest BCUT2D eigenvalue weighted by molar-refractivity contribution is 0.660. The molecule has 6 aromatic rings. The largest absolute Gasteiger partial charge is 0.219 e. The molecule has 288 valence electrons. The summed E-state index contributed by atoms with van der Waals surface area (Å²) in [5.74, 6) is 0. The van der Waals surface area contributed by atoms with Gasteiger partial charge in [0.05, 0.1) is 22.3 Å². The van der Waals surface area contributed by atoms with E-state index in [1.54, 1.807) is 6.26 Å². The molecule has 0 bridgehead atoms. The van der Waals surface area contributed by atoms with Gasteiger partial charge in [0.25, 0.3) is 0 Å². The Hall–Kier alpha value is -6.03. The first-order valence-corrected chi connectivity index (χ1v) is 21.3. The Balaban J connectivity index is 0.00000124. The summed E-state index contributed by atoms with van der Waals surface area (Å²) in [5, 5.41) is 0. The number of para-hydroxylation sites is 1. The highest BCUT2D eigenvalue weighted by atomic mass is 32.1. The van der Waals surface area contributed by atoms with Gasteiger partial charge in [-0.15, -0.1) is 0 Å². The van der Waals surface area contributed by atoms with Crippen LogP contribution in [-0.4, -0.2) is 18.7 Å². The minimum atomic E-state index is -0.0937. The third-order valence-corrected chi connectivity index (χ3v) is 11.3. The van der Waals surface area contributed by atoms with Crippen LogP contribution in [0.4, 0.5) is 22.7 Å². The standard InChI is InChI=1S/C52H44N2.C2H6.CH4S/c1-6-8-9-15-28-53-48-20-14-13-19-40(48)44-31-38(23-26-49(44)53)36(16-7-2)27-29-54-50-32-39(37-17-11-10-12-18-37)22-24-41(50)45-33-43-42-30-35(3)21-25-46(42)52(4,5)47(43)34-51(45)54;2*1-2/h6-34H,1-5H3;1-2H3;2H,1H3/q+2;;/b8-6-,15-9-,16-7-,36-27+,53-28?,54-29?;;. The van der Waals surface area contributed by atoms with Crippen LogP contribution in [0.15, 0.2) is 164 Å². The van der Waals surface area contributed by atoms with E-state index in [-0.39, 0.29) is 5.41 Å². The van der Waals surface area contributed by atoms with Gasteiger partial charge in [-0.05, 0) is 102 Å². The van der Waals surface area contributed by atoms with Crippen LogP contribution in [0.3, 0.4) is 0 Å². The van der Waals surface area contributed by atoms with E-state index in [0.717, 1.165) is 5.57 Å². The molecule has 0 saturated heterocycles. The van der Waals surface area contributed by atoms with Gasteiger partial charge in [-0.2, -0.15) is 21.8 Å². The monoisotopic (exact) mass is 774 g/mol. The SMILES string of the molecule is C/C=C\C=C/C=[N+]1c2ccccc2-c2cc(C(/C=C\C)=C/C=[N+]3c4cc(-c5ccccc5)ccc4-c4cc5c(cc43)C(C)(C)c3ccc(C)cc3-5)ccc21.CC.CS. The highest BCUT2D eigenvalue weighted by molar-refractivity contribution is 7.79. The van der Waals surface area contributed by atoms with Gasteiger partial charge in [0.2, 0.25) is 22.7 Å². The van der Waals surface area contributed by atoms with Crippen LogP contribution in [0.25, 0.3) is 50.1 Å². The zero-order valence-corrected chi connectivity index (χ0v) is 36.0. The number of rotatable bonds is 6. The van der Waals surface area contributed by atoms with Gasteiger partial charge in [-0.25, -0.2) is 0 Å². The Bertz CT molecular complexity index is 2700. The molecule has 0 N–H and O–H groups in total. The second-order valence-electron chi connectivity index (χ2n) is 15.0. The topological polar surface area (TPSA) is 6.02 Å². The zero-order valence-electron chi connectivity index (χ0n) is 35.1. The van der Waals surface area contributed by atoms with Crippen molar-refractivity contribution in [1.82, 2.24) is 9.15 Å². The van der Waals surface area contributed by atoms with Crippen LogP contribution in [0.2, 0.25) is 0 Å². The molecule has 1 aliphatic carbocycles. The maximum atomic E-state index is 3.53. The molecule has 0 saturated carbocycles. The van der Waals surface area contributed by atoms with Gasteiger partial charge in [-0.3, -0.25) is 0 Å². The van der Waals surface area contributed by atoms with Gasteiger partial charge in [0, 0.05) is 41.8 Å². The van der Waals surface area contributed by atoms with E-state index in [2.05, 4.69) is 220 Å². The Kier molecular flexibility index (Phi) is 11.9. The molecule has 6 aromatic carbocycles. The van der Waals surface area contributed by atoms with Crippen LogP contribution in [0.1, 0.15) is 63.8 Å². The van der Waals surface area contributed by atoms with Crippen LogP contribution < -0.4 is 9.15 Å². The smallest absolute Gasteiger partial charge is 0.183 e. The number of aryl methyl sites for hydroxylation is 1. The van der Waals surface area contributed by atoms with E-state index in [0.29, 0.717) is 0 Å². The third-order valence-electron chi connectivity index (χ3n) is 11.3. The molecule has 3 aliphatic rings. The molecule has 0 fully saturated rings. The first kappa shape index (κ1) is 40.2. The number of nitrogens with zero attached hydrogens (tertiary/aromatic N) is 2. The van der Waals surface area contributed by atoms with Gasteiger partial charge in [0.15, 0.2) is 12.4 Å². The lowest BCUT2D eigenvalue weighted by Gasteiger charge is -2.21. The van der Waals surface area contributed by atoms with Crippen LogP contribution in [0.5, 0.6) is 0 Å². The van der Waals surface area contributed by atoms with E-state index in [1.807, 2.05) is 26.8 Å². The zero-order chi connectivity index (χ0) is 41.0. The summed E-state index contributed by atoms with van der Waals surface area (Å²) in [6, 6.07) is 45.1. The van der Waals surface area contributed by atoms with Crippen molar-refractivity contribution < 1.29 is 0 Å². The molecule has 2 aliphatic heterocycles. The molecule has 0 unspecified atom stereocenters. The summed E-state index contributed by atoms with van der Waals surface area (Å²) in [7, 11) is 0. The minimum absolute atomic E-state index is 0.0937. The van der Waals surface area contributed by atoms with Crippen molar-refractivity contribution in [2.24, 2.45) is 0 Å². The summed E-state index contributed by atoms with van der Waals surface area (Å²) in [6.07, 6.45) is 21.1. The molecule has 58 heavy (non-hydrogen) atoms. The molecule has 0 amide bonds. The molecule has 0 aromatic heterocycles. The van der Waals surface area contributed by atoms with E-state index in [9.17, 15) is 0 Å². The van der Waals surface area contributed by atoms with Gasteiger partial charge < -0.3 is 0 Å². The maximum Gasteiger partial charge on any atom is 0.219 e. The highest BCUT2D eigenvalue weighted by Crippen LogP contribution is 2.55. The summed E-state index contributed by atoms with van der Waals surface area (Å²) in [6.45, 7) is 15.1. The van der Waals surface area contributed by atoms with Crippen LogP contribution >= 0.6 is 12.6 Å². The van der Waals surface area contributed by atoms with E-state index < -0.39 is 0 Å². The molecular formula is C55H54N2S+2. The number of hydrogen-bond acceptors (Lipinski definition) is 1. The maximum absolute atomic E-state index is 3.53. The average Bonchev–Trinajstić information content (AvgIpc) is 3.83. The first-order chi connectivity index (χ1) is 28.4. The first-order valence-electron chi connectivity index (χ1n) is 20.4. The normalized spacial score (nSPS) is 15.4. The minimum Gasteiger partial charge on any atom is -0.183 e. The summed E-state index contributed by atoms with van der Waals surface area (Å²) in [4.78, 5) is 0. The fourth-order valence-corrected chi connectivity index (χ4v) is 8.61. The third kappa shape index (κ3) is 7.09. The highest BCUT2D eigenvalue weighted by Gasteiger charge is 2.41. The fourth-order valence-electron chi connectivity index (χ4n) is 8.61. The van der Waals surface area contributed by atoms with Gasteiger partial charge >= 0.3 is 0 Å². The van der Waals surface area contributed by atoms with Crippen molar-refractivity contribution in [3.63, 3.8) is 0 Å². The molecule has 9 rings (SSSR count). The lowest BCUT2D eigenvalue weighted by atomic mass is 9.82. The van der Waals surface area contributed by atoms with Crippen LogP contribution in [-0.2, 0) is 5.41 Å². The molecule has 2 heterocycles. The van der Waals surface area contributed by atoms with Crippen molar-refractivity contribution >= 4 is 53.4 Å². The number of allylic oxidation sites excluding steroid dienone is 8. The van der Waals surface area contributed by atoms with Crippen molar-refractivity contribution in [1.29, 1.82) is 0 Å². The van der Waals surface area contributed by atoms with E-state index in [1.165, 1.54) is 89.5 Å². The van der Waals surface area contributed by atoms with Gasteiger partial charge in [-0.1, -0.05) is 130 Å². The number of thiol groups is 1. The Labute approximate surface area is 351 Å². The van der Waals surface area contributed by atoms with Crippen molar-refractivity contribution in [3.05, 3.63) is 186 Å².